The fourth-order valence-corrected chi connectivity index (χ4v) is 3.00. The summed E-state index contributed by atoms with van der Waals surface area (Å²) in [5.74, 6) is -0.854. The Balaban J connectivity index is 2.48. The first kappa shape index (κ1) is 20.2. The number of anilines is 3. The van der Waals surface area contributed by atoms with Crippen LogP contribution >= 0.6 is 0 Å². The number of nitrogen functional groups attached to an aromatic ring is 1. The number of hydrogen-bond donors (Lipinski definition) is 3. The van der Waals surface area contributed by atoms with Crippen molar-refractivity contribution < 1.29 is 14.7 Å². The molecule has 0 saturated carbocycles. The van der Waals surface area contributed by atoms with Gasteiger partial charge in [0.2, 0.25) is 0 Å². The fourth-order valence-electron chi connectivity index (χ4n) is 3.00. The van der Waals surface area contributed by atoms with Gasteiger partial charge in [-0.2, -0.15) is 0 Å². The number of nitrogens with one attached hydrogen (secondary N) is 1. The number of nitrogens with two attached hydrogens (primary N) is 1. The second-order valence-corrected chi connectivity index (χ2v) is 6.42. The van der Waals surface area contributed by atoms with Crippen LogP contribution in [0.3, 0.4) is 0 Å². The van der Waals surface area contributed by atoms with Crippen LogP contribution in [0.25, 0.3) is 0 Å². The summed E-state index contributed by atoms with van der Waals surface area (Å²) in [5.41, 5.74) is 6.48. The summed E-state index contributed by atoms with van der Waals surface area (Å²) in [7, 11) is 1.75. The van der Waals surface area contributed by atoms with Crippen molar-refractivity contribution in [1.82, 2.24) is 4.98 Å². The Labute approximate surface area is 159 Å². The molecular formula is C20H26N4O3. The largest absolute Gasteiger partial charge is 0.481 e. The first-order chi connectivity index (χ1) is 12.9. The van der Waals surface area contributed by atoms with Gasteiger partial charge < -0.3 is 16.2 Å². The van der Waals surface area contributed by atoms with Crippen LogP contribution in [0.4, 0.5) is 17.2 Å². The highest BCUT2D eigenvalue weighted by Gasteiger charge is 2.39. The average Bonchev–Trinajstić information content (AvgIpc) is 2.69. The molecule has 27 heavy (non-hydrogen) atoms. The molecule has 7 nitrogen and oxygen atoms in total. The minimum Gasteiger partial charge on any atom is -0.481 e. The van der Waals surface area contributed by atoms with E-state index < -0.39 is 11.4 Å². The Bertz CT molecular complexity index is 804. The zero-order valence-corrected chi connectivity index (χ0v) is 15.9. The Morgan fingerprint density at radius 3 is 2.41 bits per heavy atom. The van der Waals surface area contributed by atoms with Crippen LogP contribution < -0.4 is 16.0 Å². The maximum Gasteiger partial charge on any atom is 0.311 e. The molecule has 0 atom stereocenters. The Kier molecular flexibility index (Phi) is 6.39. The van der Waals surface area contributed by atoms with Gasteiger partial charge in [-0.25, -0.2) is 4.98 Å². The summed E-state index contributed by atoms with van der Waals surface area (Å²) in [6.07, 6.45) is 2.38. The molecule has 0 aliphatic rings. The van der Waals surface area contributed by atoms with E-state index in [1.54, 1.807) is 49.6 Å². The lowest BCUT2D eigenvalue weighted by molar-refractivity contribution is -0.148. The van der Waals surface area contributed by atoms with Crippen LogP contribution in [-0.4, -0.2) is 35.6 Å². The third-order valence-electron chi connectivity index (χ3n) is 5.01. The van der Waals surface area contributed by atoms with Crippen molar-refractivity contribution in [3.05, 3.63) is 48.2 Å². The SMILES string of the molecule is CCC(CC)(CN(C(=O)c1ccc(NC)c(N)c1)c1ccccn1)C(=O)O. The van der Waals surface area contributed by atoms with Crippen molar-refractivity contribution >= 4 is 29.1 Å². The highest BCUT2D eigenvalue weighted by Crippen LogP contribution is 2.31. The summed E-state index contributed by atoms with van der Waals surface area (Å²) >= 11 is 0. The Morgan fingerprint density at radius 1 is 1.22 bits per heavy atom. The van der Waals surface area contributed by atoms with E-state index in [1.807, 2.05) is 13.8 Å². The first-order valence-electron chi connectivity index (χ1n) is 8.92. The predicted octanol–water partition coefficient (Wildman–Crippen LogP) is 3.24. The quantitative estimate of drug-likeness (QED) is 0.616. The molecule has 1 aromatic carbocycles. The Morgan fingerprint density at radius 2 is 1.93 bits per heavy atom. The van der Waals surface area contributed by atoms with Crippen molar-refractivity contribution in [2.75, 3.05) is 29.5 Å². The van der Waals surface area contributed by atoms with Gasteiger partial charge in [-0.3, -0.25) is 14.5 Å². The molecular weight excluding hydrogens is 344 g/mol. The van der Waals surface area contributed by atoms with Gasteiger partial charge in [0.1, 0.15) is 5.82 Å². The fraction of sp³-hybridized carbons (Fsp3) is 0.350. The number of nitrogens with zero attached hydrogens (tertiary/aromatic N) is 2. The maximum absolute atomic E-state index is 13.2. The van der Waals surface area contributed by atoms with E-state index >= 15 is 0 Å². The van der Waals surface area contributed by atoms with Gasteiger partial charge >= 0.3 is 5.97 Å². The number of aromatic nitrogens is 1. The molecule has 1 aromatic heterocycles. The van der Waals surface area contributed by atoms with Crippen LogP contribution in [0.15, 0.2) is 42.6 Å². The van der Waals surface area contributed by atoms with Gasteiger partial charge in [0.05, 0.1) is 16.8 Å². The molecule has 1 heterocycles. The lowest BCUT2D eigenvalue weighted by Crippen LogP contribution is -2.45. The third-order valence-corrected chi connectivity index (χ3v) is 5.01. The van der Waals surface area contributed by atoms with Crippen molar-refractivity contribution in [3.8, 4) is 0 Å². The third kappa shape index (κ3) is 4.19. The van der Waals surface area contributed by atoms with Crippen LogP contribution in [0.2, 0.25) is 0 Å². The molecule has 0 aliphatic carbocycles. The molecule has 0 spiro atoms. The van der Waals surface area contributed by atoms with Crippen molar-refractivity contribution in [3.63, 3.8) is 0 Å². The van der Waals surface area contributed by atoms with E-state index in [0.717, 1.165) is 5.69 Å². The number of carboxylic acids is 1. The minimum absolute atomic E-state index is 0.0267. The van der Waals surface area contributed by atoms with Gasteiger partial charge in [-0.15, -0.1) is 0 Å². The van der Waals surface area contributed by atoms with E-state index in [-0.39, 0.29) is 12.5 Å². The van der Waals surface area contributed by atoms with E-state index in [2.05, 4.69) is 10.3 Å². The van der Waals surface area contributed by atoms with Crippen LogP contribution in [0.5, 0.6) is 0 Å². The molecule has 0 saturated heterocycles. The lowest BCUT2D eigenvalue weighted by atomic mass is 9.81. The zero-order valence-electron chi connectivity index (χ0n) is 15.9. The summed E-state index contributed by atoms with van der Waals surface area (Å²) in [5, 5.41) is 12.8. The summed E-state index contributed by atoms with van der Waals surface area (Å²) in [6.45, 7) is 3.66. The van der Waals surface area contributed by atoms with E-state index in [0.29, 0.717) is 29.9 Å². The van der Waals surface area contributed by atoms with E-state index in [9.17, 15) is 14.7 Å². The smallest absolute Gasteiger partial charge is 0.311 e. The van der Waals surface area contributed by atoms with Gasteiger partial charge in [0, 0.05) is 25.4 Å². The topological polar surface area (TPSA) is 109 Å². The lowest BCUT2D eigenvalue weighted by Gasteiger charge is -2.33. The normalized spacial score (nSPS) is 11.1. The number of pyridine rings is 1. The molecule has 2 aromatic rings. The minimum atomic E-state index is -1.05. The Hall–Kier alpha value is -3.09. The number of carbonyl (C=O) groups excluding carboxylic acids is 1. The number of aliphatic carboxylic acids is 1. The number of hydrogen-bond acceptors (Lipinski definition) is 5. The van der Waals surface area contributed by atoms with Gasteiger partial charge in [-0.05, 0) is 43.2 Å². The summed E-state index contributed by atoms with van der Waals surface area (Å²) < 4.78 is 0. The monoisotopic (exact) mass is 370 g/mol. The number of carboxylic acid groups (broad SMARTS) is 1. The molecule has 4 N–H and O–H groups in total. The average molecular weight is 370 g/mol. The van der Waals surface area contributed by atoms with Crippen LogP contribution in [-0.2, 0) is 4.79 Å². The number of benzene rings is 1. The number of amides is 1. The van der Waals surface area contributed by atoms with Gasteiger partial charge in [0.15, 0.2) is 0 Å². The second kappa shape index (κ2) is 8.53. The number of carbonyl (C=O) groups is 2. The van der Waals surface area contributed by atoms with Crippen LogP contribution in [0.1, 0.15) is 37.0 Å². The van der Waals surface area contributed by atoms with Crippen molar-refractivity contribution in [2.45, 2.75) is 26.7 Å². The van der Waals surface area contributed by atoms with E-state index in [4.69, 9.17) is 5.73 Å². The second-order valence-electron chi connectivity index (χ2n) is 6.42. The van der Waals surface area contributed by atoms with Crippen molar-refractivity contribution in [1.29, 1.82) is 0 Å². The van der Waals surface area contributed by atoms with E-state index in [1.165, 1.54) is 4.90 Å². The van der Waals surface area contributed by atoms with Gasteiger partial charge in [-0.1, -0.05) is 19.9 Å². The molecule has 2 rings (SSSR count). The van der Waals surface area contributed by atoms with Crippen LogP contribution in [0, 0.1) is 5.41 Å². The first-order valence-corrected chi connectivity index (χ1v) is 8.92. The molecule has 0 bridgehead atoms. The zero-order chi connectivity index (χ0) is 20.0. The molecule has 0 radical (unpaired) electrons. The highest BCUT2D eigenvalue weighted by molar-refractivity contribution is 6.07. The maximum atomic E-state index is 13.2. The predicted molar refractivity (Wildman–Crippen MR) is 107 cm³/mol. The highest BCUT2D eigenvalue weighted by atomic mass is 16.4. The molecule has 0 aliphatic heterocycles. The number of rotatable bonds is 8. The van der Waals surface area contributed by atoms with Crippen molar-refractivity contribution in [2.24, 2.45) is 5.41 Å². The molecule has 7 heteroatoms. The summed E-state index contributed by atoms with van der Waals surface area (Å²) in [4.78, 5) is 30.9. The molecule has 0 fully saturated rings. The molecule has 144 valence electrons. The summed E-state index contributed by atoms with van der Waals surface area (Å²) in [6, 6.07) is 10.2. The molecule has 0 unspecified atom stereocenters. The standard InChI is InChI=1S/C20H26N4O3/c1-4-20(5-2,19(26)27)13-24(17-8-6-7-11-23-17)18(25)14-9-10-16(22-3)15(21)12-14/h6-12,22H,4-5,13,21H2,1-3H3,(H,26,27). The molecule has 1 amide bonds. The van der Waals surface area contributed by atoms with Gasteiger partial charge in [0.25, 0.3) is 5.91 Å².